The van der Waals surface area contributed by atoms with Crippen LogP contribution in [-0.4, -0.2) is 17.2 Å². The Morgan fingerprint density at radius 1 is 1.43 bits per heavy atom. The maximum absolute atomic E-state index is 10.9. The highest BCUT2D eigenvalue weighted by Gasteiger charge is 2.12. The number of rotatable bonds is 3. The Morgan fingerprint density at radius 3 is 2.57 bits per heavy atom. The SMILES string of the molecule is Cc1ccc(OC(C)C)c(C(=O)O)c1. The van der Waals surface area contributed by atoms with Gasteiger partial charge in [0, 0.05) is 0 Å². The number of ether oxygens (including phenoxy) is 1. The Hall–Kier alpha value is -1.51. The molecule has 3 nitrogen and oxygen atoms in total. The minimum Gasteiger partial charge on any atom is -0.490 e. The summed E-state index contributed by atoms with van der Waals surface area (Å²) in [7, 11) is 0. The molecule has 0 aliphatic rings. The van der Waals surface area contributed by atoms with Gasteiger partial charge in [0.15, 0.2) is 0 Å². The first-order valence-electron chi connectivity index (χ1n) is 4.51. The van der Waals surface area contributed by atoms with E-state index in [9.17, 15) is 4.79 Å². The third-order valence-corrected chi connectivity index (χ3v) is 1.73. The van der Waals surface area contributed by atoms with Gasteiger partial charge in [-0.2, -0.15) is 0 Å². The van der Waals surface area contributed by atoms with E-state index >= 15 is 0 Å². The zero-order valence-corrected chi connectivity index (χ0v) is 8.57. The molecule has 1 rings (SSSR count). The van der Waals surface area contributed by atoms with E-state index in [1.54, 1.807) is 12.1 Å². The predicted molar refractivity (Wildman–Crippen MR) is 53.9 cm³/mol. The number of hydrogen-bond acceptors (Lipinski definition) is 2. The summed E-state index contributed by atoms with van der Waals surface area (Å²) in [4.78, 5) is 10.9. The molecule has 3 heteroatoms. The van der Waals surface area contributed by atoms with Crippen LogP contribution < -0.4 is 4.74 Å². The highest BCUT2D eigenvalue weighted by atomic mass is 16.5. The minimum atomic E-state index is -0.954. The minimum absolute atomic E-state index is 0.0178. The summed E-state index contributed by atoms with van der Waals surface area (Å²) >= 11 is 0. The maximum atomic E-state index is 10.9. The van der Waals surface area contributed by atoms with Crippen molar-refractivity contribution in [3.8, 4) is 5.75 Å². The van der Waals surface area contributed by atoms with E-state index in [4.69, 9.17) is 9.84 Å². The van der Waals surface area contributed by atoms with Gasteiger partial charge >= 0.3 is 5.97 Å². The number of aryl methyl sites for hydroxylation is 1. The van der Waals surface area contributed by atoms with E-state index in [2.05, 4.69) is 0 Å². The molecule has 0 saturated heterocycles. The molecule has 0 aliphatic heterocycles. The summed E-state index contributed by atoms with van der Waals surface area (Å²) in [5.41, 5.74) is 1.14. The fourth-order valence-corrected chi connectivity index (χ4v) is 1.17. The van der Waals surface area contributed by atoms with Gasteiger partial charge in [0.25, 0.3) is 0 Å². The van der Waals surface area contributed by atoms with Crippen LogP contribution in [0.3, 0.4) is 0 Å². The average Bonchev–Trinajstić information content (AvgIpc) is 2.07. The van der Waals surface area contributed by atoms with Gasteiger partial charge < -0.3 is 9.84 Å². The summed E-state index contributed by atoms with van der Waals surface area (Å²) in [5, 5.41) is 8.92. The predicted octanol–water partition coefficient (Wildman–Crippen LogP) is 2.48. The first-order chi connectivity index (χ1) is 6.50. The standard InChI is InChI=1S/C11H14O3/c1-7(2)14-10-5-4-8(3)6-9(10)11(12)13/h4-7H,1-3H3,(H,12,13). The molecule has 1 N–H and O–H groups in total. The molecule has 1 aromatic carbocycles. The first kappa shape index (κ1) is 10.6. The van der Waals surface area contributed by atoms with Crippen molar-refractivity contribution in [3.63, 3.8) is 0 Å². The molecule has 0 spiro atoms. The molecular weight excluding hydrogens is 180 g/mol. The smallest absolute Gasteiger partial charge is 0.339 e. The first-order valence-corrected chi connectivity index (χ1v) is 4.51. The van der Waals surface area contributed by atoms with Gasteiger partial charge in [-0.25, -0.2) is 4.79 Å². The highest BCUT2D eigenvalue weighted by molar-refractivity contribution is 5.91. The van der Waals surface area contributed by atoms with Crippen LogP contribution in [0.4, 0.5) is 0 Å². The Morgan fingerprint density at radius 2 is 2.07 bits per heavy atom. The maximum Gasteiger partial charge on any atom is 0.339 e. The molecule has 0 unspecified atom stereocenters. The topological polar surface area (TPSA) is 46.5 Å². The van der Waals surface area contributed by atoms with Gasteiger partial charge in [-0.3, -0.25) is 0 Å². The van der Waals surface area contributed by atoms with Crippen LogP contribution in [0.15, 0.2) is 18.2 Å². The van der Waals surface area contributed by atoms with Gasteiger partial charge in [-0.15, -0.1) is 0 Å². The van der Waals surface area contributed by atoms with Crippen LogP contribution in [0.1, 0.15) is 29.8 Å². The Kier molecular flexibility index (Phi) is 3.12. The number of aromatic carboxylic acids is 1. The molecule has 0 fully saturated rings. The number of hydrogen-bond donors (Lipinski definition) is 1. The summed E-state index contributed by atoms with van der Waals surface area (Å²) in [6, 6.07) is 5.14. The van der Waals surface area contributed by atoms with Crippen molar-refractivity contribution < 1.29 is 14.6 Å². The van der Waals surface area contributed by atoms with E-state index in [0.717, 1.165) is 5.56 Å². The second kappa shape index (κ2) is 4.13. The summed E-state index contributed by atoms with van der Waals surface area (Å²) < 4.78 is 5.38. The van der Waals surface area contributed by atoms with Gasteiger partial charge in [0.05, 0.1) is 6.10 Å². The zero-order chi connectivity index (χ0) is 10.7. The van der Waals surface area contributed by atoms with Crippen molar-refractivity contribution in [2.45, 2.75) is 26.9 Å². The van der Waals surface area contributed by atoms with Crippen molar-refractivity contribution in [1.82, 2.24) is 0 Å². The Balaban J connectivity index is 3.08. The third kappa shape index (κ3) is 2.49. The molecule has 0 bridgehead atoms. The number of carboxylic acids is 1. The van der Waals surface area contributed by atoms with Gasteiger partial charge in [-0.05, 0) is 32.9 Å². The zero-order valence-electron chi connectivity index (χ0n) is 8.57. The quantitative estimate of drug-likeness (QED) is 0.804. The van der Waals surface area contributed by atoms with Crippen LogP contribution in [0.5, 0.6) is 5.75 Å². The number of carboxylic acid groups (broad SMARTS) is 1. The summed E-state index contributed by atoms with van der Waals surface area (Å²) in [5.74, 6) is -0.526. The van der Waals surface area contributed by atoms with Crippen LogP contribution in [0, 0.1) is 6.92 Å². The van der Waals surface area contributed by atoms with Crippen LogP contribution in [0.25, 0.3) is 0 Å². The van der Waals surface area contributed by atoms with Crippen molar-refractivity contribution in [1.29, 1.82) is 0 Å². The lowest BCUT2D eigenvalue weighted by molar-refractivity contribution is 0.0690. The van der Waals surface area contributed by atoms with E-state index < -0.39 is 5.97 Å². The molecule has 0 atom stereocenters. The second-order valence-electron chi connectivity index (χ2n) is 3.47. The highest BCUT2D eigenvalue weighted by Crippen LogP contribution is 2.21. The molecule has 0 heterocycles. The molecule has 14 heavy (non-hydrogen) atoms. The molecule has 0 aromatic heterocycles. The molecular formula is C11H14O3. The van der Waals surface area contributed by atoms with Gasteiger partial charge in [0.2, 0.25) is 0 Å². The lowest BCUT2D eigenvalue weighted by Gasteiger charge is -2.12. The monoisotopic (exact) mass is 194 g/mol. The molecule has 0 saturated carbocycles. The van der Waals surface area contributed by atoms with Gasteiger partial charge in [-0.1, -0.05) is 11.6 Å². The molecule has 0 radical (unpaired) electrons. The normalized spacial score (nSPS) is 10.3. The largest absolute Gasteiger partial charge is 0.490 e. The second-order valence-corrected chi connectivity index (χ2v) is 3.47. The van der Waals surface area contributed by atoms with Crippen LogP contribution in [-0.2, 0) is 0 Å². The van der Waals surface area contributed by atoms with Crippen molar-refractivity contribution in [2.24, 2.45) is 0 Å². The fourth-order valence-electron chi connectivity index (χ4n) is 1.17. The number of benzene rings is 1. The van der Waals surface area contributed by atoms with E-state index in [0.29, 0.717) is 5.75 Å². The lowest BCUT2D eigenvalue weighted by Crippen LogP contribution is -2.09. The Labute approximate surface area is 83.3 Å². The molecule has 1 aromatic rings. The molecule has 0 aliphatic carbocycles. The van der Waals surface area contributed by atoms with Crippen molar-refractivity contribution in [3.05, 3.63) is 29.3 Å². The summed E-state index contributed by atoms with van der Waals surface area (Å²) in [6.45, 7) is 5.59. The van der Waals surface area contributed by atoms with E-state index in [-0.39, 0.29) is 11.7 Å². The Bertz CT molecular complexity index is 342. The molecule has 76 valence electrons. The van der Waals surface area contributed by atoms with Crippen LogP contribution >= 0.6 is 0 Å². The average molecular weight is 194 g/mol. The molecule has 0 amide bonds. The van der Waals surface area contributed by atoms with E-state index in [1.807, 2.05) is 26.8 Å². The van der Waals surface area contributed by atoms with Crippen LogP contribution in [0.2, 0.25) is 0 Å². The van der Waals surface area contributed by atoms with Crippen molar-refractivity contribution >= 4 is 5.97 Å². The lowest BCUT2D eigenvalue weighted by atomic mass is 10.1. The fraction of sp³-hybridized carbons (Fsp3) is 0.364. The summed E-state index contributed by atoms with van der Waals surface area (Å²) in [6.07, 6.45) is -0.0178. The number of carbonyl (C=O) groups is 1. The van der Waals surface area contributed by atoms with E-state index in [1.165, 1.54) is 0 Å². The third-order valence-electron chi connectivity index (χ3n) is 1.73. The van der Waals surface area contributed by atoms with Crippen molar-refractivity contribution in [2.75, 3.05) is 0 Å². The van der Waals surface area contributed by atoms with Gasteiger partial charge in [0.1, 0.15) is 11.3 Å².